The lowest BCUT2D eigenvalue weighted by molar-refractivity contribution is -0.116. The molecule has 0 aliphatic carbocycles. The van der Waals surface area contributed by atoms with Gasteiger partial charge in [-0.05, 0) is 60.7 Å². The minimum absolute atomic E-state index is 0.154. The van der Waals surface area contributed by atoms with Gasteiger partial charge in [-0.2, -0.15) is 0 Å². The van der Waals surface area contributed by atoms with Crippen LogP contribution in [-0.2, 0) is 17.8 Å². The van der Waals surface area contributed by atoms with Crippen LogP contribution in [0.5, 0.6) is 5.75 Å². The molecule has 0 atom stereocenters. The van der Waals surface area contributed by atoms with Crippen molar-refractivity contribution < 1.29 is 14.3 Å². The Balaban J connectivity index is 1.40. The van der Waals surface area contributed by atoms with Gasteiger partial charge in [0, 0.05) is 23.4 Å². The maximum Gasteiger partial charge on any atom is 0.255 e. The Morgan fingerprint density at radius 3 is 2.25 bits per heavy atom. The average molecular weight is 428 g/mol. The van der Waals surface area contributed by atoms with Crippen LogP contribution in [0.2, 0.25) is 0 Å². The van der Waals surface area contributed by atoms with Crippen LogP contribution in [0, 0.1) is 0 Å². The molecule has 162 valence electrons. The highest BCUT2D eigenvalue weighted by Gasteiger charge is 2.13. The number of anilines is 2. The molecule has 2 amide bonds. The lowest BCUT2D eigenvalue weighted by atomic mass is 10.2. The molecule has 7 nitrogen and oxygen atoms in total. The summed E-state index contributed by atoms with van der Waals surface area (Å²) in [5, 5.41) is 5.73. The van der Waals surface area contributed by atoms with Gasteiger partial charge in [0.2, 0.25) is 5.91 Å². The first-order valence-corrected chi connectivity index (χ1v) is 10.4. The number of imidazole rings is 1. The third kappa shape index (κ3) is 4.62. The standard InChI is InChI=1S/C25H24N4O3/c1-3-23-28-21-6-4-5-7-22(21)29(23)16-24(30)26-18-10-8-17(9-11-18)25(31)27-19-12-14-20(32-2)15-13-19/h4-15H,3,16H2,1-2H3,(H,26,30)(H,27,31). The number of benzene rings is 3. The Kier molecular flexibility index (Phi) is 6.17. The Morgan fingerprint density at radius 2 is 1.56 bits per heavy atom. The zero-order valence-corrected chi connectivity index (χ0v) is 18.0. The van der Waals surface area contributed by atoms with Crippen molar-refractivity contribution in [3.8, 4) is 5.75 Å². The van der Waals surface area contributed by atoms with Crippen LogP contribution < -0.4 is 15.4 Å². The van der Waals surface area contributed by atoms with E-state index in [2.05, 4.69) is 15.6 Å². The van der Waals surface area contributed by atoms with Gasteiger partial charge in [-0.25, -0.2) is 4.98 Å². The van der Waals surface area contributed by atoms with Crippen LogP contribution >= 0.6 is 0 Å². The fourth-order valence-corrected chi connectivity index (χ4v) is 3.50. The van der Waals surface area contributed by atoms with Crippen molar-refractivity contribution in [2.24, 2.45) is 0 Å². The molecule has 0 bridgehead atoms. The Hall–Kier alpha value is -4.13. The highest BCUT2D eigenvalue weighted by Crippen LogP contribution is 2.18. The Labute approximate surface area is 186 Å². The molecule has 4 rings (SSSR count). The van der Waals surface area contributed by atoms with Crippen molar-refractivity contribution in [3.63, 3.8) is 0 Å². The third-order valence-corrected chi connectivity index (χ3v) is 5.13. The van der Waals surface area contributed by atoms with Gasteiger partial charge < -0.3 is 19.9 Å². The summed E-state index contributed by atoms with van der Waals surface area (Å²) in [5.41, 5.74) is 3.60. The van der Waals surface area contributed by atoms with E-state index >= 15 is 0 Å². The van der Waals surface area contributed by atoms with Crippen molar-refractivity contribution in [3.05, 3.63) is 84.2 Å². The summed E-state index contributed by atoms with van der Waals surface area (Å²) in [6.07, 6.45) is 0.736. The number of ether oxygens (including phenoxy) is 1. The normalized spacial score (nSPS) is 10.7. The SMILES string of the molecule is CCc1nc2ccccc2n1CC(=O)Nc1ccc(C(=O)Nc2ccc(OC)cc2)cc1. The van der Waals surface area contributed by atoms with Crippen LogP contribution in [0.3, 0.4) is 0 Å². The zero-order chi connectivity index (χ0) is 22.5. The number of carbonyl (C=O) groups excluding carboxylic acids is 2. The predicted octanol–water partition coefficient (Wildman–Crippen LogP) is 4.50. The van der Waals surface area contributed by atoms with Crippen LogP contribution in [0.4, 0.5) is 11.4 Å². The molecule has 0 spiro atoms. The van der Waals surface area contributed by atoms with Gasteiger partial charge in [0.05, 0.1) is 18.1 Å². The number of hydrogen-bond acceptors (Lipinski definition) is 4. The van der Waals surface area contributed by atoms with Gasteiger partial charge in [0.25, 0.3) is 5.91 Å². The molecular weight excluding hydrogens is 404 g/mol. The van der Waals surface area contributed by atoms with Crippen LogP contribution in [0.1, 0.15) is 23.1 Å². The lowest BCUT2D eigenvalue weighted by Crippen LogP contribution is -2.20. The molecule has 0 aliphatic heterocycles. The summed E-state index contributed by atoms with van der Waals surface area (Å²) in [6, 6.07) is 21.7. The highest BCUT2D eigenvalue weighted by atomic mass is 16.5. The summed E-state index contributed by atoms with van der Waals surface area (Å²) < 4.78 is 7.05. The number of nitrogens with one attached hydrogen (secondary N) is 2. The molecule has 0 saturated heterocycles. The first kappa shape index (κ1) is 21.1. The van der Waals surface area contributed by atoms with E-state index in [0.29, 0.717) is 16.9 Å². The number of nitrogens with zero attached hydrogens (tertiary/aromatic N) is 2. The van der Waals surface area contributed by atoms with Crippen molar-refractivity contribution in [2.45, 2.75) is 19.9 Å². The first-order chi connectivity index (χ1) is 15.6. The predicted molar refractivity (Wildman–Crippen MR) is 125 cm³/mol. The van der Waals surface area contributed by atoms with Gasteiger partial charge in [0.1, 0.15) is 18.1 Å². The molecule has 0 radical (unpaired) electrons. The summed E-state index contributed by atoms with van der Waals surface area (Å²) in [7, 11) is 1.59. The van der Waals surface area contributed by atoms with Gasteiger partial charge in [-0.15, -0.1) is 0 Å². The Bertz CT molecular complexity index is 1240. The second-order valence-electron chi connectivity index (χ2n) is 7.26. The van der Waals surface area contributed by atoms with E-state index in [1.54, 1.807) is 55.6 Å². The second-order valence-corrected chi connectivity index (χ2v) is 7.26. The average Bonchev–Trinajstić information content (AvgIpc) is 3.17. The first-order valence-electron chi connectivity index (χ1n) is 10.4. The van der Waals surface area contributed by atoms with E-state index in [-0.39, 0.29) is 18.4 Å². The number of aryl methyl sites for hydroxylation is 1. The highest BCUT2D eigenvalue weighted by molar-refractivity contribution is 6.04. The minimum atomic E-state index is -0.231. The number of amides is 2. The molecular formula is C25H24N4O3. The van der Waals surface area contributed by atoms with E-state index in [4.69, 9.17) is 4.74 Å². The summed E-state index contributed by atoms with van der Waals surface area (Å²) in [4.78, 5) is 29.7. The summed E-state index contributed by atoms with van der Waals surface area (Å²) in [6.45, 7) is 2.19. The molecule has 32 heavy (non-hydrogen) atoms. The van der Waals surface area contributed by atoms with E-state index in [9.17, 15) is 9.59 Å². The van der Waals surface area contributed by atoms with Crippen molar-refractivity contribution >= 4 is 34.2 Å². The maximum atomic E-state index is 12.7. The van der Waals surface area contributed by atoms with Crippen LogP contribution in [0.15, 0.2) is 72.8 Å². The smallest absolute Gasteiger partial charge is 0.255 e. The zero-order valence-electron chi connectivity index (χ0n) is 18.0. The van der Waals surface area contributed by atoms with Crippen molar-refractivity contribution in [1.29, 1.82) is 0 Å². The molecule has 0 fully saturated rings. The molecule has 2 N–H and O–H groups in total. The number of rotatable bonds is 7. The molecule has 0 unspecified atom stereocenters. The number of carbonyl (C=O) groups is 2. The quantitative estimate of drug-likeness (QED) is 0.454. The molecule has 4 aromatic rings. The Morgan fingerprint density at radius 1 is 0.906 bits per heavy atom. The molecule has 7 heteroatoms. The lowest BCUT2D eigenvalue weighted by Gasteiger charge is -2.10. The second kappa shape index (κ2) is 9.34. The van der Waals surface area contributed by atoms with Gasteiger partial charge in [-0.3, -0.25) is 9.59 Å². The molecule has 1 heterocycles. The number of methoxy groups -OCH3 is 1. The largest absolute Gasteiger partial charge is 0.497 e. The summed E-state index contributed by atoms with van der Waals surface area (Å²) in [5.74, 6) is 1.20. The van der Waals surface area contributed by atoms with Crippen LogP contribution in [0.25, 0.3) is 11.0 Å². The van der Waals surface area contributed by atoms with Crippen molar-refractivity contribution in [2.75, 3.05) is 17.7 Å². The van der Waals surface area contributed by atoms with E-state index < -0.39 is 0 Å². The van der Waals surface area contributed by atoms with Gasteiger partial charge >= 0.3 is 0 Å². The van der Waals surface area contributed by atoms with Gasteiger partial charge in [0.15, 0.2) is 0 Å². The number of aromatic nitrogens is 2. The third-order valence-electron chi connectivity index (χ3n) is 5.13. The molecule has 0 aliphatic rings. The topological polar surface area (TPSA) is 85.2 Å². The van der Waals surface area contributed by atoms with E-state index in [0.717, 1.165) is 29.0 Å². The van der Waals surface area contributed by atoms with Crippen molar-refractivity contribution in [1.82, 2.24) is 9.55 Å². The fraction of sp³-hybridized carbons (Fsp3) is 0.160. The monoisotopic (exact) mass is 428 g/mol. The van der Waals surface area contributed by atoms with Crippen LogP contribution in [-0.4, -0.2) is 28.5 Å². The van der Waals surface area contributed by atoms with E-state index in [1.807, 2.05) is 35.8 Å². The van der Waals surface area contributed by atoms with E-state index in [1.165, 1.54) is 0 Å². The number of para-hydroxylation sites is 2. The van der Waals surface area contributed by atoms with Gasteiger partial charge in [-0.1, -0.05) is 19.1 Å². The maximum absolute atomic E-state index is 12.7. The summed E-state index contributed by atoms with van der Waals surface area (Å²) >= 11 is 0. The number of hydrogen-bond donors (Lipinski definition) is 2. The molecule has 1 aromatic heterocycles. The molecule has 0 saturated carbocycles. The number of fused-ring (bicyclic) bond motifs is 1. The minimum Gasteiger partial charge on any atom is -0.497 e. The molecule has 3 aromatic carbocycles. The fourth-order valence-electron chi connectivity index (χ4n) is 3.50.